The summed E-state index contributed by atoms with van der Waals surface area (Å²) in [6.45, 7) is 10.2. The van der Waals surface area contributed by atoms with Crippen LogP contribution in [0.2, 0.25) is 0 Å². The highest BCUT2D eigenvalue weighted by atomic mass is 16.6. The first kappa shape index (κ1) is 22.1. The third-order valence-corrected chi connectivity index (χ3v) is 4.90. The van der Waals surface area contributed by atoms with Gasteiger partial charge in [-0.1, -0.05) is 31.1 Å². The summed E-state index contributed by atoms with van der Waals surface area (Å²) >= 11 is 0. The van der Waals surface area contributed by atoms with Crippen molar-refractivity contribution in [1.29, 1.82) is 0 Å². The maximum atomic E-state index is 12.5. The van der Waals surface area contributed by atoms with Gasteiger partial charge in [0, 0.05) is 19.3 Å². The molecule has 0 unspecified atom stereocenters. The van der Waals surface area contributed by atoms with Gasteiger partial charge in [0.15, 0.2) is 11.5 Å². The average Bonchev–Trinajstić information content (AvgIpc) is 3.00. The van der Waals surface area contributed by atoms with Crippen LogP contribution >= 0.6 is 0 Å². The first-order chi connectivity index (χ1) is 14.0. The minimum atomic E-state index is -0.461. The van der Waals surface area contributed by atoms with Gasteiger partial charge < -0.3 is 14.0 Å². The van der Waals surface area contributed by atoms with E-state index in [2.05, 4.69) is 19.0 Å². The molecule has 1 aliphatic rings. The van der Waals surface area contributed by atoms with Gasteiger partial charge in [0.2, 0.25) is 0 Å². The molecule has 1 aromatic heterocycles. The first-order valence-electron chi connectivity index (χ1n) is 10.5. The second kappa shape index (κ2) is 8.62. The summed E-state index contributed by atoms with van der Waals surface area (Å²) in [5.41, 5.74) is 1.93. The van der Waals surface area contributed by atoms with Crippen molar-refractivity contribution in [2.24, 2.45) is 5.41 Å². The van der Waals surface area contributed by atoms with Crippen LogP contribution in [0, 0.1) is 5.41 Å². The van der Waals surface area contributed by atoms with Gasteiger partial charge in [-0.05, 0) is 56.7 Å². The Kier molecular flexibility index (Phi) is 6.34. The minimum absolute atomic E-state index is 0.0688. The normalized spacial score (nSPS) is 15.6. The lowest BCUT2D eigenvalue weighted by Gasteiger charge is -2.26. The van der Waals surface area contributed by atoms with Crippen LogP contribution in [0.15, 0.2) is 28.8 Å². The topological polar surface area (TPSA) is 78.6 Å². The van der Waals surface area contributed by atoms with Gasteiger partial charge in [0.1, 0.15) is 11.4 Å². The molecule has 3 rings (SSSR count). The van der Waals surface area contributed by atoms with E-state index in [4.69, 9.17) is 14.0 Å². The zero-order chi connectivity index (χ0) is 21.9. The standard InChI is InChI=1S/C24H31NO5/c1-23(2,3)29-21(27)7-6-12-28-17-10-8-16(9-11-17)13-20-22-18(25-30-20)14-24(4,5)15-19(22)26/h8-11H,6-7,12-15H2,1-5H3. The molecule has 0 fully saturated rings. The maximum absolute atomic E-state index is 12.5. The number of carbonyl (C=O) groups is 2. The molecule has 0 spiro atoms. The number of rotatable bonds is 7. The number of fused-ring (bicyclic) bond motifs is 1. The van der Waals surface area contributed by atoms with Crippen molar-refractivity contribution in [2.45, 2.75) is 72.3 Å². The summed E-state index contributed by atoms with van der Waals surface area (Å²) in [5, 5.41) is 4.14. The van der Waals surface area contributed by atoms with Crippen molar-refractivity contribution in [3.63, 3.8) is 0 Å². The number of aromatic nitrogens is 1. The molecule has 162 valence electrons. The molecule has 0 saturated carbocycles. The van der Waals surface area contributed by atoms with Gasteiger partial charge in [-0.2, -0.15) is 0 Å². The van der Waals surface area contributed by atoms with E-state index in [1.54, 1.807) is 0 Å². The fraction of sp³-hybridized carbons (Fsp3) is 0.542. The Morgan fingerprint density at radius 1 is 1.17 bits per heavy atom. The Morgan fingerprint density at radius 2 is 1.87 bits per heavy atom. The first-order valence-corrected chi connectivity index (χ1v) is 10.5. The van der Waals surface area contributed by atoms with Crippen LogP contribution < -0.4 is 4.74 Å². The Labute approximate surface area is 177 Å². The van der Waals surface area contributed by atoms with Crippen LogP contribution in [0.3, 0.4) is 0 Å². The van der Waals surface area contributed by atoms with Crippen LogP contribution in [0.1, 0.15) is 81.3 Å². The van der Waals surface area contributed by atoms with Gasteiger partial charge in [-0.3, -0.25) is 9.59 Å². The lowest BCUT2D eigenvalue weighted by Crippen LogP contribution is -2.27. The number of esters is 1. The molecule has 0 atom stereocenters. The monoisotopic (exact) mass is 413 g/mol. The van der Waals surface area contributed by atoms with E-state index < -0.39 is 5.60 Å². The number of ketones is 1. The van der Waals surface area contributed by atoms with Gasteiger partial charge in [0.05, 0.1) is 17.9 Å². The Hall–Kier alpha value is -2.63. The number of ether oxygens (including phenoxy) is 2. The zero-order valence-corrected chi connectivity index (χ0v) is 18.5. The Bertz CT molecular complexity index is 903. The molecule has 0 aliphatic heterocycles. The minimum Gasteiger partial charge on any atom is -0.494 e. The molecule has 6 heteroatoms. The maximum Gasteiger partial charge on any atom is 0.306 e. The van der Waals surface area contributed by atoms with Crippen molar-refractivity contribution < 1.29 is 23.6 Å². The van der Waals surface area contributed by atoms with Gasteiger partial charge in [-0.15, -0.1) is 0 Å². The molecule has 6 nitrogen and oxygen atoms in total. The number of carbonyl (C=O) groups excluding carboxylic acids is 2. The van der Waals surface area contributed by atoms with E-state index in [1.165, 1.54) is 0 Å². The predicted molar refractivity (Wildman–Crippen MR) is 113 cm³/mol. The second-order valence-corrected chi connectivity index (χ2v) is 9.73. The quantitative estimate of drug-likeness (QED) is 0.473. The molecule has 1 aromatic carbocycles. The molecule has 0 N–H and O–H groups in total. The number of hydrogen-bond donors (Lipinski definition) is 0. The molecular weight excluding hydrogens is 382 g/mol. The van der Waals surface area contributed by atoms with Gasteiger partial charge in [-0.25, -0.2) is 0 Å². The fourth-order valence-electron chi connectivity index (χ4n) is 3.65. The largest absolute Gasteiger partial charge is 0.494 e. The van der Waals surface area contributed by atoms with Crippen LogP contribution in [0.4, 0.5) is 0 Å². The average molecular weight is 414 g/mol. The van der Waals surface area contributed by atoms with Crippen LogP contribution in [0.5, 0.6) is 5.75 Å². The van der Waals surface area contributed by atoms with Crippen LogP contribution in [-0.4, -0.2) is 29.1 Å². The number of hydrogen-bond acceptors (Lipinski definition) is 6. The molecule has 0 radical (unpaired) electrons. The molecule has 2 aromatic rings. The van der Waals surface area contributed by atoms with Gasteiger partial charge in [0.25, 0.3) is 0 Å². The molecule has 1 heterocycles. The lowest BCUT2D eigenvalue weighted by molar-refractivity contribution is -0.155. The molecule has 0 saturated heterocycles. The smallest absolute Gasteiger partial charge is 0.306 e. The van der Waals surface area contributed by atoms with Crippen molar-refractivity contribution in [1.82, 2.24) is 5.16 Å². The molecule has 0 bridgehead atoms. The van der Waals surface area contributed by atoms with E-state index in [0.717, 1.165) is 23.4 Å². The third kappa shape index (κ3) is 5.94. The summed E-state index contributed by atoms with van der Waals surface area (Å²) in [4.78, 5) is 24.3. The van der Waals surface area contributed by atoms with E-state index in [9.17, 15) is 9.59 Å². The second-order valence-electron chi connectivity index (χ2n) is 9.73. The summed E-state index contributed by atoms with van der Waals surface area (Å²) in [6.07, 6.45) is 2.72. The van der Waals surface area contributed by atoms with Crippen LogP contribution in [0.25, 0.3) is 0 Å². The van der Waals surface area contributed by atoms with Gasteiger partial charge >= 0.3 is 5.97 Å². The van der Waals surface area contributed by atoms with E-state index in [1.807, 2.05) is 45.0 Å². The van der Waals surface area contributed by atoms with Crippen molar-refractivity contribution in [3.05, 3.63) is 46.8 Å². The summed E-state index contributed by atoms with van der Waals surface area (Å²) < 4.78 is 16.5. The number of benzene rings is 1. The van der Waals surface area contributed by atoms with Crippen molar-refractivity contribution in [3.8, 4) is 5.75 Å². The summed E-state index contributed by atoms with van der Waals surface area (Å²) in [7, 11) is 0. The highest BCUT2D eigenvalue weighted by molar-refractivity contribution is 5.99. The lowest BCUT2D eigenvalue weighted by atomic mass is 9.75. The molecule has 30 heavy (non-hydrogen) atoms. The predicted octanol–water partition coefficient (Wildman–Crippen LogP) is 4.92. The summed E-state index contributed by atoms with van der Waals surface area (Å²) in [6, 6.07) is 7.68. The van der Waals surface area contributed by atoms with E-state index in [-0.39, 0.29) is 17.2 Å². The summed E-state index contributed by atoms with van der Waals surface area (Å²) in [5.74, 6) is 1.27. The van der Waals surface area contributed by atoms with Crippen LogP contribution in [-0.2, 0) is 22.4 Å². The SMILES string of the molecule is CC1(C)CC(=O)c2c(noc2Cc2ccc(OCCCC(=O)OC(C)(C)C)cc2)C1. The van der Waals surface area contributed by atoms with E-state index >= 15 is 0 Å². The Morgan fingerprint density at radius 3 is 2.53 bits per heavy atom. The van der Waals surface area contributed by atoms with E-state index in [0.29, 0.717) is 43.6 Å². The highest BCUT2D eigenvalue weighted by Crippen LogP contribution is 2.36. The van der Waals surface area contributed by atoms with Crippen molar-refractivity contribution in [2.75, 3.05) is 6.61 Å². The zero-order valence-electron chi connectivity index (χ0n) is 18.5. The number of nitrogens with zero attached hydrogens (tertiary/aromatic N) is 1. The molecule has 1 aliphatic carbocycles. The molecular formula is C24H31NO5. The Balaban J connectivity index is 1.51. The highest BCUT2D eigenvalue weighted by Gasteiger charge is 2.35. The fourth-order valence-corrected chi connectivity index (χ4v) is 3.65. The number of Topliss-reactive ketones (excluding diaryl/α,β-unsaturated/α-hetero) is 1. The third-order valence-electron chi connectivity index (χ3n) is 4.90. The molecule has 0 amide bonds. The van der Waals surface area contributed by atoms with Crippen molar-refractivity contribution >= 4 is 11.8 Å².